The van der Waals surface area contributed by atoms with E-state index in [0.717, 1.165) is 33.7 Å². The largest absolute Gasteiger partial charge is 0.367 e. The third-order valence-electron chi connectivity index (χ3n) is 4.68. The summed E-state index contributed by atoms with van der Waals surface area (Å²) in [4.78, 5) is 4.67. The highest BCUT2D eigenvalue weighted by molar-refractivity contribution is 5.85. The number of rotatable bonds is 3. The van der Waals surface area contributed by atoms with Crippen LogP contribution in [0.25, 0.3) is 16.7 Å². The molecule has 124 valence electrons. The molecule has 0 aliphatic carbocycles. The molecule has 0 fully saturated rings. The molecule has 4 rings (SSSR count). The highest BCUT2D eigenvalue weighted by atomic mass is 15.3. The molecule has 0 amide bonds. The Morgan fingerprint density at radius 2 is 2.04 bits per heavy atom. The number of aryl methyl sites for hydroxylation is 2. The molecule has 0 spiro atoms. The smallest absolute Gasteiger partial charge is 0.157 e. The first-order chi connectivity index (χ1) is 12.1. The van der Waals surface area contributed by atoms with E-state index in [1.54, 1.807) is 0 Å². The molecule has 0 saturated heterocycles. The highest BCUT2D eigenvalue weighted by Crippen LogP contribution is 2.27. The average molecular weight is 330 g/mol. The van der Waals surface area contributed by atoms with E-state index in [9.17, 15) is 5.26 Å². The molecule has 3 aromatic heterocycles. The van der Waals surface area contributed by atoms with Crippen molar-refractivity contribution >= 4 is 22.5 Å². The zero-order valence-corrected chi connectivity index (χ0v) is 14.4. The van der Waals surface area contributed by atoms with E-state index >= 15 is 0 Å². The number of hydrogen-bond donors (Lipinski definition) is 1. The second-order valence-electron chi connectivity index (χ2n) is 6.19. The van der Waals surface area contributed by atoms with E-state index < -0.39 is 0 Å². The zero-order chi connectivity index (χ0) is 17.6. The first-order valence-electron chi connectivity index (χ1n) is 8.12. The SMILES string of the molecule is Cc1cc(NCc2cnn(C)c2C)n2c(nc3ccccc32)c1C#N. The molecule has 4 aromatic rings. The summed E-state index contributed by atoms with van der Waals surface area (Å²) in [6.45, 7) is 4.65. The van der Waals surface area contributed by atoms with Gasteiger partial charge in [0.2, 0.25) is 0 Å². The topological polar surface area (TPSA) is 70.9 Å². The molecule has 0 unspecified atom stereocenters. The van der Waals surface area contributed by atoms with Gasteiger partial charge >= 0.3 is 0 Å². The minimum atomic E-state index is 0.610. The van der Waals surface area contributed by atoms with Crippen LogP contribution in [0.2, 0.25) is 0 Å². The van der Waals surface area contributed by atoms with Crippen LogP contribution in [0.15, 0.2) is 36.5 Å². The Hall–Kier alpha value is -3.33. The Kier molecular flexibility index (Phi) is 3.43. The van der Waals surface area contributed by atoms with Crippen LogP contribution in [0.1, 0.15) is 22.4 Å². The van der Waals surface area contributed by atoms with Gasteiger partial charge in [-0.15, -0.1) is 0 Å². The molecule has 0 aliphatic heterocycles. The molecule has 0 bridgehead atoms. The van der Waals surface area contributed by atoms with E-state index in [2.05, 4.69) is 28.4 Å². The number of pyridine rings is 1. The number of hydrogen-bond acceptors (Lipinski definition) is 4. The monoisotopic (exact) mass is 330 g/mol. The molecular formula is C19H18N6. The molecule has 6 nitrogen and oxygen atoms in total. The van der Waals surface area contributed by atoms with Crippen molar-refractivity contribution in [1.29, 1.82) is 5.26 Å². The minimum absolute atomic E-state index is 0.610. The number of aromatic nitrogens is 4. The van der Waals surface area contributed by atoms with Crippen molar-refractivity contribution in [2.24, 2.45) is 7.05 Å². The fourth-order valence-corrected chi connectivity index (χ4v) is 3.13. The maximum absolute atomic E-state index is 9.54. The van der Waals surface area contributed by atoms with Crippen LogP contribution >= 0.6 is 0 Å². The summed E-state index contributed by atoms with van der Waals surface area (Å²) < 4.78 is 3.88. The Bertz CT molecular complexity index is 1140. The number of anilines is 1. The van der Waals surface area contributed by atoms with Crippen molar-refractivity contribution in [3.8, 4) is 6.07 Å². The lowest BCUT2D eigenvalue weighted by atomic mass is 10.1. The quantitative estimate of drug-likeness (QED) is 0.625. The lowest BCUT2D eigenvalue weighted by Crippen LogP contribution is -2.07. The fraction of sp³-hybridized carbons (Fsp3) is 0.211. The highest BCUT2D eigenvalue weighted by Gasteiger charge is 2.15. The van der Waals surface area contributed by atoms with Crippen molar-refractivity contribution in [2.45, 2.75) is 20.4 Å². The Morgan fingerprint density at radius 1 is 1.24 bits per heavy atom. The van der Waals surface area contributed by atoms with Gasteiger partial charge in [0.05, 0.1) is 22.8 Å². The second kappa shape index (κ2) is 5.64. The van der Waals surface area contributed by atoms with E-state index in [1.165, 1.54) is 0 Å². The Labute approximate surface area is 145 Å². The minimum Gasteiger partial charge on any atom is -0.367 e. The van der Waals surface area contributed by atoms with E-state index in [1.807, 2.05) is 59.6 Å². The number of nitrogens with one attached hydrogen (secondary N) is 1. The summed E-state index contributed by atoms with van der Waals surface area (Å²) in [5.74, 6) is 0.920. The molecule has 0 radical (unpaired) electrons. The van der Waals surface area contributed by atoms with Gasteiger partial charge in [0, 0.05) is 24.8 Å². The van der Waals surface area contributed by atoms with Crippen molar-refractivity contribution in [2.75, 3.05) is 5.32 Å². The van der Waals surface area contributed by atoms with E-state index in [-0.39, 0.29) is 0 Å². The number of fused-ring (bicyclic) bond motifs is 3. The number of para-hydroxylation sites is 2. The van der Waals surface area contributed by atoms with E-state index in [0.29, 0.717) is 17.8 Å². The number of nitrogens with zero attached hydrogens (tertiary/aromatic N) is 5. The summed E-state index contributed by atoms with van der Waals surface area (Å²) >= 11 is 0. The lowest BCUT2D eigenvalue weighted by molar-refractivity contribution is 0.738. The van der Waals surface area contributed by atoms with Crippen molar-refractivity contribution in [3.63, 3.8) is 0 Å². The van der Waals surface area contributed by atoms with Crippen molar-refractivity contribution < 1.29 is 0 Å². The van der Waals surface area contributed by atoms with Gasteiger partial charge in [0.25, 0.3) is 0 Å². The maximum atomic E-state index is 9.54. The van der Waals surface area contributed by atoms with Crippen LogP contribution in [0.4, 0.5) is 5.82 Å². The average Bonchev–Trinajstić information content (AvgIpc) is 3.14. The summed E-state index contributed by atoms with van der Waals surface area (Å²) in [7, 11) is 1.94. The van der Waals surface area contributed by atoms with Gasteiger partial charge < -0.3 is 5.32 Å². The standard InChI is InChI=1S/C19H18N6/c1-12-8-18(21-10-14-11-22-24(3)13(14)2)25-17-7-5-4-6-16(17)23-19(25)15(12)9-20/h4-8,11,21H,10H2,1-3H3. The molecule has 0 saturated carbocycles. The fourth-order valence-electron chi connectivity index (χ4n) is 3.13. The molecule has 0 atom stereocenters. The predicted molar refractivity (Wildman–Crippen MR) is 97.4 cm³/mol. The summed E-state index contributed by atoms with van der Waals surface area (Å²) in [6.07, 6.45) is 1.88. The first kappa shape index (κ1) is 15.2. The van der Waals surface area contributed by atoms with Crippen LogP contribution in [0, 0.1) is 25.2 Å². The van der Waals surface area contributed by atoms with Crippen LogP contribution in [0.3, 0.4) is 0 Å². The van der Waals surface area contributed by atoms with Gasteiger partial charge in [-0.25, -0.2) is 4.98 Å². The van der Waals surface area contributed by atoms with Gasteiger partial charge in [-0.3, -0.25) is 9.08 Å². The molecule has 6 heteroatoms. The normalized spacial score (nSPS) is 11.1. The van der Waals surface area contributed by atoms with Gasteiger partial charge in [-0.1, -0.05) is 12.1 Å². The summed E-state index contributed by atoms with van der Waals surface area (Å²) in [6, 6.07) is 12.2. The van der Waals surface area contributed by atoms with Crippen LogP contribution in [-0.4, -0.2) is 19.2 Å². The lowest BCUT2D eigenvalue weighted by Gasteiger charge is -2.12. The molecule has 0 aliphatic rings. The third kappa shape index (κ3) is 2.32. The van der Waals surface area contributed by atoms with E-state index in [4.69, 9.17) is 0 Å². The summed E-state index contributed by atoms with van der Waals surface area (Å²) in [5, 5.41) is 17.3. The van der Waals surface area contributed by atoms with Crippen LogP contribution in [0.5, 0.6) is 0 Å². The maximum Gasteiger partial charge on any atom is 0.157 e. The number of imidazole rings is 1. The van der Waals surface area contributed by atoms with Crippen LogP contribution < -0.4 is 5.32 Å². The Balaban J connectivity index is 1.88. The second-order valence-corrected chi connectivity index (χ2v) is 6.19. The molecule has 1 N–H and O–H groups in total. The first-order valence-corrected chi connectivity index (χ1v) is 8.12. The molecule has 25 heavy (non-hydrogen) atoms. The van der Waals surface area contributed by atoms with Gasteiger partial charge in [0.15, 0.2) is 5.65 Å². The predicted octanol–water partition coefficient (Wildman–Crippen LogP) is 3.32. The van der Waals surface area contributed by atoms with Gasteiger partial charge in [-0.05, 0) is 37.6 Å². The Morgan fingerprint density at radius 3 is 2.76 bits per heavy atom. The molecular weight excluding hydrogens is 312 g/mol. The zero-order valence-electron chi connectivity index (χ0n) is 14.4. The third-order valence-corrected chi connectivity index (χ3v) is 4.68. The van der Waals surface area contributed by atoms with Gasteiger partial charge in [-0.2, -0.15) is 10.4 Å². The van der Waals surface area contributed by atoms with Gasteiger partial charge in [0.1, 0.15) is 11.9 Å². The van der Waals surface area contributed by atoms with Crippen molar-refractivity contribution in [3.05, 3.63) is 58.9 Å². The molecule has 1 aromatic carbocycles. The molecule has 3 heterocycles. The summed E-state index contributed by atoms with van der Waals surface area (Å²) in [5.41, 5.74) is 6.35. The van der Waals surface area contributed by atoms with Crippen LogP contribution in [-0.2, 0) is 13.6 Å². The van der Waals surface area contributed by atoms with Crippen molar-refractivity contribution in [1.82, 2.24) is 19.2 Å². The number of nitriles is 1. The number of benzene rings is 1.